The van der Waals surface area contributed by atoms with Crippen LogP contribution in [0.5, 0.6) is 0 Å². The maximum Gasteiger partial charge on any atom is 0.0107 e. The third-order valence-electron chi connectivity index (χ3n) is 3.39. The summed E-state index contributed by atoms with van der Waals surface area (Å²) in [6.45, 7) is 12.8. The van der Waals surface area contributed by atoms with E-state index in [1.807, 2.05) is 0 Å². The van der Waals surface area contributed by atoms with Gasteiger partial charge < -0.3 is 10.2 Å². The van der Waals surface area contributed by atoms with Gasteiger partial charge in [-0.3, -0.25) is 0 Å². The monoisotopic (exact) mass is 198 g/mol. The Kier molecular flexibility index (Phi) is 5.49. The van der Waals surface area contributed by atoms with E-state index in [1.165, 1.54) is 39.0 Å². The van der Waals surface area contributed by atoms with E-state index in [1.54, 1.807) is 0 Å². The van der Waals surface area contributed by atoms with Crippen molar-refractivity contribution >= 4 is 0 Å². The van der Waals surface area contributed by atoms with Crippen molar-refractivity contribution in [3.63, 3.8) is 0 Å². The molecule has 0 heterocycles. The third kappa shape index (κ3) is 4.43. The molecule has 2 heteroatoms. The predicted molar refractivity (Wildman–Crippen MR) is 62.5 cm³/mol. The fourth-order valence-electron chi connectivity index (χ4n) is 1.94. The number of nitrogens with zero attached hydrogens (tertiary/aromatic N) is 1. The summed E-state index contributed by atoms with van der Waals surface area (Å²) in [6, 6.07) is 0. The van der Waals surface area contributed by atoms with Gasteiger partial charge in [0.25, 0.3) is 0 Å². The zero-order chi connectivity index (χ0) is 10.4. The normalized spacial score (nSPS) is 18.9. The zero-order valence-electron chi connectivity index (χ0n) is 10.1. The summed E-state index contributed by atoms with van der Waals surface area (Å²) < 4.78 is 0. The number of nitrogens with one attached hydrogen (secondary N) is 1. The van der Waals surface area contributed by atoms with Crippen molar-refractivity contribution < 1.29 is 0 Å². The third-order valence-corrected chi connectivity index (χ3v) is 3.39. The highest BCUT2D eigenvalue weighted by Gasteiger charge is 2.27. The molecule has 14 heavy (non-hydrogen) atoms. The van der Waals surface area contributed by atoms with Crippen molar-refractivity contribution in [3.8, 4) is 0 Å². The Labute approximate surface area is 89.1 Å². The highest BCUT2D eigenvalue weighted by molar-refractivity contribution is 4.79. The fourth-order valence-corrected chi connectivity index (χ4v) is 1.94. The molecule has 0 amide bonds. The zero-order valence-corrected chi connectivity index (χ0v) is 10.1. The first-order chi connectivity index (χ1) is 6.77. The molecule has 1 saturated carbocycles. The molecule has 0 aromatic rings. The first-order valence-corrected chi connectivity index (χ1v) is 6.21. The first-order valence-electron chi connectivity index (χ1n) is 6.21. The minimum Gasteiger partial charge on any atom is -0.315 e. The summed E-state index contributed by atoms with van der Waals surface area (Å²) in [4.78, 5) is 2.47. The van der Waals surface area contributed by atoms with Crippen LogP contribution in [0.15, 0.2) is 0 Å². The van der Waals surface area contributed by atoms with Crippen LogP contribution in [-0.2, 0) is 0 Å². The van der Waals surface area contributed by atoms with Crippen LogP contribution in [0.2, 0.25) is 0 Å². The Bertz CT molecular complexity index is 135. The molecular formula is C12H26N2. The molecule has 1 fully saturated rings. The largest absolute Gasteiger partial charge is 0.315 e. The molecule has 1 aliphatic rings. The molecule has 0 saturated heterocycles. The first kappa shape index (κ1) is 12.0. The van der Waals surface area contributed by atoms with Crippen molar-refractivity contribution in [3.05, 3.63) is 0 Å². The van der Waals surface area contributed by atoms with E-state index >= 15 is 0 Å². The van der Waals surface area contributed by atoms with Crippen molar-refractivity contribution in [1.29, 1.82) is 0 Å². The van der Waals surface area contributed by atoms with Gasteiger partial charge in [0.2, 0.25) is 0 Å². The van der Waals surface area contributed by atoms with Gasteiger partial charge in [0.05, 0.1) is 0 Å². The quantitative estimate of drug-likeness (QED) is 0.600. The molecule has 0 aromatic heterocycles. The molecular weight excluding hydrogens is 172 g/mol. The van der Waals surface area contributed by atoms with E-state index in [4.69, 9.17) is 0 Å². The molecule has 0 bridgehead atoms. The van der Waals surface area contributed by atoms with Gasteiger partial charge in [-0.05, 0) is 44.3 Å². The number of hydrogen-bond donors (Lipinski definition) is 1. The molecule has 0 radical (unpaired) electrons. The lowest BCUT2D eigenvalue weighted by Gasteiger charge is -2.19. The average molecular weight is 198 g/mol. The van der Waals surface area contributed by atoms with E-state index in [2.05, 4.69) is 31.0 Å². The maximum atomic E-state index is 3.56. The smallest absolute Gasteiger partial charge is 0.0107 e. The lowest BCUT2D eigenvalue weighted by molar-refractivity contribution is 0.298. The van der Waals surface area contributed by atoms with Gasteiger partial charge in [0, 0.05) is 13.1 Å². The Morgan fingerprint density at radius 1 is 1.29 bits per heavy atom. The van der Waals surface area contributed by atoms with Crippen LogP contribution in [0.4, 0.5) is 0 Å². The van der Waals surface area contributed by atoms with Crippen molar-refractivity contribution in [2.24, 2.45) is 11.8 Å². The van der Waals surface area contributed by atoms with E-state index in [9.17, 15) is 0 Å². The van der Waals surface area contributed by atoms with Crippen molar-refractivity contribution in [2.45, 2.75) is 33.6 Å². The highest BCUT2D eigenvalue weighted by atomic mass is 15.1. The van der Waals surface area contributed by atoms with Gasteiger partial charge in [-0.25, -0.2) is 0 Å². The van der Waals surface area contributed by atoms with Crippen LogP contribution >= 0.6 is 0 Å². The van der Waals surface area contributed by atoms with Crippen LogP contribution in [0.25, 0.3) is 0 Å². The molecule has 1 rings (SSSR count). The summed E-state index contributed by atoms with van der Waals surface area (Å²) in [6.07, 6.45) is 2.94. The Hall–Kier alpha value is -0.0800. The second kappa shape index (κ2) is 6.41. The molecule has 1 unspecified atom stereocenters. The van der Waals surface area contributed by atoms with Gasteiger partial charge in [0.1, 0.15) is 0 Å². The van der Waals surface area contributed by atoms with Gasteiger partial charge in [-0.2, -0.15) is 0 Å². The van der Waals surface area contributed by atoms with Gasteiger partial charge in [0.15, 0.2) is 0 Å². The summed E-state index contributed by atoms with van der Waals surface area (Å²) in [5.41, 5.74) is 0. The SMILES string of the molecule is CCN(CC)CCNCC(C)C1CC1. The van der Waals surface area contributed by atoms with Crippen LogP contribution in [0, 0.1) is 11.8 Å². The van der Waals surface area contributed by atoms with Gasteiger partial charge >= 0.3 is 0 Å². The molecule has 0 aliphatic heterocycles. The van der Waals surface area contributed by atoms with Crippen molar-refractivity contribution in [2.75, 3.05) is 32.7 Å². The Morgan fingerprint density at radius 2 is 1.93 bits per heavy atom. The van der Waals surface area contributed by atoms with E-state index in [0.29, 0.717) is 0 Å². The summed E-state index contributed by atoms with van der Waals surface area (Å²) in [5, 5.41) is 3.56. The van der Waals surface area contributed by atoms with Crippen molar-refractivity contribution in [1.82, 2.24) is 10.2 Å². The van der Waals surface area contributed by atoms with Gasteiger partial charge in [-0.15, -0.1) is 0 Å². The molecule has 84 valence electrons. The standard InChI is InChI=1S/C12H26N2/c1-4-14(5-2)9-8-13-10-11(3)12-6-7-12/h11-13H,4-10H2,1-3H3. The summed E-state index contributed by atoms with van der Waals surface area (Å²) in [7, 11) is 0. The fraction of sp³-hybridized carbons (Fsp3) is 1.00. The van der Waals surface area contributed by atoms with Gasteiger partial charge in [-0.1, -0.05) is 20.8 Å². The highest BCUT2D eigenvalue weighted by Crippen LogP contribution is 2.35. The van der Waals surface area contributed by atoms with E-state index < -0.39 is 0 Å². The predicted octanol–water partition coefficient (Wildman–Crippen LogP) is 1.96. The maximum absolute atomic E-state index is 3.56. The second-order valence-corrected chi connectivity index (χ2v) is 4.55. The topological polar surface area (TPSA) is 15.3 Å². The molecule has 1 aliphatic carbocycles. The number of likely N-dealkylation sites (N-methyl/N-ethyl adjacent to an activating group) is 1. The minimum absolute atomic E-state index is 0.895. The molecule has 1 N–H and O–H groups in total. The van der Waals surface area contributed by atoms with Crippen LogP contribution in [0.3, 0.4) is 0 Å². The average Bonchev–Trinajstić information content (AvgIpc) is 3.01. The van der Waals surface area contributed by atoms with Crippen LogP contribution in [-0.4, -0.2) is 37.6 Å². The second-order valence-electron chi connectivity index (χ2n) is 4.55. The Morgan fingerprint density at radius 3 is 2.43 bits per heavy atom. The lowest BCUT2D eigenvalue weighted by atomic mass is 10.1. The van der Waals surface area contributed by atoms with Crippen LogP contribution < -0.4 is 5.32 Å². The molecule has 1 atom stereocenters. The summed E-state index contributed by atoms with van der Waals surface area (Å²) in [5.74, 6) is 1.93. The van der Waals surface area contributed by atoms with Crippen LogP contribution in [0.1, 0.15) is 33.6 Å². The van der Waals surface area contributed by atoms with E-state index in [-0.39, 0.29) is 0 Å². The van der Waals surface area contributed by atoms with E-state index in [0.717, 1.165) is 18.4 Å². The number of hydrogen-bond acceptors (Lipinski definition) is 2. The summed E-state index contributed by atoms with van der Waals surface area (Å²) >= 11 is 0. The lowest BCUT2D eigenvalue weighted by Crippen LogP contribution is -2.33. The number of rotatable bonds is 8. The molecule has 0 aromatic carbocycles. The molecule has 0 spiro atoms. The Balaban J connectivity index is 1.92. The molecule has 2 nitrogen and oxygen atoms in total. The minimum atomic E-state index is 0.895.